The van der Waals surface area contributed by atoms with Crippen LogP contribution in [0, 0.1) is 11.8 Å². The molecule has 0 radical (unpaired) electrons. The first-order valence-electron chi connectivity index (χ1n) is 9.48. The van der Waals surface area contributed by atoms with Crippen molar-refractivity contribution >= 4 is 11.8 Å². The number of rotatable bonds is 7. The fourth-order valence-corrected chi connectivity index (χ4v) is 3.33. The average molecular weight is 339 g/mol. The van der Waals surface area contributed by atoms with Gasteiger partial charge in [0.1, 0.15) is 0 Å². The summed E-state index contributed by atoms with van der Waals surface area (Å²) in [5.41, 5.74) is 0. The molecule has 0 saturated carbocycles. The van der Waals surface area contributed by atoms with Gasteiger partial charge in [0.15, 0.2) is 0 Å². The number of carbonyl (C=O) groups excluding carboxylic acids is 2. The van der Waals surface area contributed by atoms with Gasteiger partial charge in [-0.05, 0) is 32.2 Å². The molecule has 0 aromatic rings. The number of carbonyl (C=O) groups is 2. The van der Waals surface area contributed by atoms with Gasteiger partial charge in [-0.15, -0.1) is 0 Å². The number of piperidine rings is 1. The zero-order valence-electron chi connectivity index (χ0n) is 15.3. The van der Waals surface area contributed by atoms with E-state index in [-0.39, 0.29) is 23.7 Å². The van der Waals surface area contributed by atoms with Crippen molar-refractivity contribution in [3.63, 3.8) is 0 Å². The van der Waals surface area contributed by atoms with Gasteiger partial charge in [-0.3, -0.25) is 14.5 Å². The quantitative estimate of drug-likeness (QED) is 0.706. The number of ether oxygens (including phenoxy) is 1. The van der Waals surface area contributed by atoms with Gasteiger partial charge in [-0.2, -0.15) is 0 Å². The highest BCUT2D eigenvalue weighted by atomic mass is 16.5. The van der Waals surface area contributed by atoms with Gasteiger partial charge in [0.25, 0.3) is 0 Å². The lowest BCUT2D eigenvalue weighted by Crippen LogP contribution is -2.45. The second kappa shape index (κ2) is 9.99. The van der Waals surface area contributed by atoms with Crippen LogP contribution in [0.1, 0.15) is 39.5 Å². The summed E-state index contributed by atoms with van der Waals surface area (Å²) in [6.45, 7) is 10.8. The number of likely N-dealkylation sites (tertiary alicyclic amines) is 1. The maximum atomic E-state index is 12.3. The zero-order chi connectivity index (χ0) is 17.4. The summed E-state index contributed by atoms with van der Waals surface area (Å²) < 4.78 is 5.33. The zero-order valence-corrected chi connectivity index (χ0v) is 15.3. The highest BCUT2D eigenvalue weighted by Gasteiger charge is 2.28. The lowest BCUT2D eigenvalue weighted by molar-refractivity contribution is -0.138. The highest BCUT2D eigenvalue weighted by molar-refractivity contribution is 5.80. The summed E-state index contributed by atoms with van der Waals surface area (Å²) in [5.74, 6) is 0.555. The van der Waals surface area contributed by atoms with Crippen LogP contribution < -0.4 is 5.32 Å². The Morgan fingerprint density at radius 2 is 1.83 bits per heavy atom. The second-order valence-corrected chi connectivity index (χ2v) is 7.01. The van der Waals surface area contributed by atoms with Gasteiger partial charge in [0.2, 0.25) is 11.8 Å². The van der Waals surface area contributed by atoms with Gasteiger partial charge in [-0.1, -0.05) is 13.8 Å². The number of amides is 2. The summed E-state index contributed by atoms with van der Waals surface area (Å²) in [4.78, 5) is 28.8. The monoisotopic (exact) mass is 339 g/mol. The summed E-state index contributed by atoms with van der Waals surface area (Å²) in [7, 11) is 0. The molecule has 24 heavy (non-hydrogen) atoms. The van der Waals surface area contributed by atoms with Gasteiger partial charge in [0.05, 0.1) is 13.2 Å². The smallest absolute Gasteiger partial charge is 0.225 e. The molecule has 0 aliphatic carbocycles. The van der Waals surface area contributed by atoms with E-state index in [9.17, 15) is 9.59 Å². The Kier molecular flexibility index (Phi) is 7.99. The lowest BCUT2D eigenvalue weighted by atomic mass is 9.94. The van der Waals surface area contributed by atoms with Crippen LogP contribution in [0.3, 0.4) is 0 Å². The molecule has 0 spiro atoms. The van der Waals surface area contributed by atoms with E-state index in [1.807, 2.05) is 18.7 Å². The van der Waals surface area contributed by atoms with Gasteiger partial charge >= 0.3 is 0 Å². The van der Waals surface area contributed by atoms with Crippen molar-refractivity contribution in [2.45, 2.75) is 39.5 Å². The Labute approximate surface area is 145 Å². The molecular formula is C18H33N3O3. The van der Waals surface area contributed by atoms with E-state index in [1.54, 1.807) is 0 Å². The lowest BCUT2D eigenvalue weighted by Gasteiger charge is -2.33. The Balaban J connectivity index is 1.59. The first-order chi connectivity index (χ1) is 11.6. The Morgan fingerprint density at radius 1 is 1.17 bits per heavy atom. The molecule has 6 nitrogen and oxygen atoms in total. The molecule has 0 aromatic carbocycles. The molecule has 0 bridgehead atoms. The summed E-state index contributed by atoms with van der Waals surface area (Å²) >= 11 is 0. The van der Waals surface area contributed by atoms with Crippen molar-refractivity contribution in [1.29, 1.82) is 0 Å². The van der Waals surface area contributed by atoms with Crippen LogP contribution in [-0.4, -0.2) is 74.1 Å². The molecule has 2 fully saturated rings. The van der Waals surface area contributed by atoms with E-state index in [0.29, 0.717) is 0 Å². The Bertz CT molecular complexity index is 402. The van der Waals surface area contributed by atoms with E-state index in [4.69, 9.17) is 4.74 Å². The molecule has 1 atom stereocenters. The van der Waals surface area contributed by atoms with Gasteiger partial charge < -0.3 is 15.0 Å². The Hall–Kier alpha value is -1.14. The molecule has 2 heterocycles. The Morgan fingerprint density at radius 3 is 2.46 bits per heavy atom. The summed E-state index contributed by atoms with van der Waals surface area (Å²) in [6, 6.07) is 0. The van der Waals surface area contributed by atoms with Crippen molar-refractivity contribution in [3.05, 3.63) is 0 Å². The predicted molar refractivity (Wildman–Crippen MR) is 93.6 cm³/mol. The van der Waals surface area contributed by atoms with Crippen molar-refractivity contribution in [3.8, 4) is 0 Å². The molecule has 0 aromatic heterocycles. The van der Waals surface area contributed by atoms with Crippen LogP contribution in [0.5, 0.6) is 0 Å². The van der Waals surface area contributed by atoms with E-state index < -0.39 is 0 Å². The molecule has 2 amide bonds. The van der Waals surface area contributed by atoms with E-state index in [2.05, 4.69) is 10.2 Å². The summed E-state index contributed by atoms with van der Waals surface area (Å²) in [5, 5.41) is 3.07. The molecule has 2 aliphatic rings. The van der Waals surface area contributed by atoms with Crippen molar-refractivity contribution in [1.82, 2.24) is 15.1 Å². The van der Waals surface area contributed by atoms with E-state index >= 15 is 0 Å². The third-order valence-electron chi connectivity index (χ3n) is 5.27. The van der Waals surface area contributed by atoms with Crippen LogP contribution in [-0.2, 0) is 14.3 Å². The van der Waals surface area contributed by atoms with Crippen LogP contribution in [0.2, 0.25) is 0 Å². The molecular weight excluding hydrogens is 306 g/mol. The molecule has 2 aliphatic heterocycles. The number of nitrogens with zero attached hydrogens (tertiary/aromatic N) is 2. The average Bonchev–Trinajstić information content (AvgIpc) is 2.64. The van der Waals surface area contributed by atoms with Crippen molar-refractivity contribution < 1.29 is 14.3 Å². The van der Waals surface area contributed by atoms with E-state index in [1.165, 1.54) is 0 Å². The number of hydrogen-bond acceptors (Lipinski definition) is 4. The molecule has 0 unspecified atom stereocenters. The van der Waals surface area contributed by atoms with Crippen LogP contribution in [0.15, 0.2) is 0 Å². The normalized spacial score (nSPS) is 21.5. The molecule has 1 N–H and O–H groups in total. The number of nitrogens with one attached hydrogen (secondary N) is 1. The predicted octanol–water partition coefficient (Wildman–Crippen LogP) is 1.11. The topological polar surface area (TPSA) is 61.9 Å². The maximum Gasteiger partial charge on any atom is 0.225 e. The minimum absolute atomic E-state index is 0.0642. The molecule has 6 heteroatoms. The standard InChI is InChI=1S/C18H33N3O3/c1-3-15(2)18(23)21-9-5-16(6-10-21)17(22)19-7-4-8-20-11-13-24-14-12-20/h15-16H,3-14H2,1-2H3,(H,19,22)/t15-/m0/s1. The maximum absolute atomic E-state index is 12.3. The number of morpholine rings is 1. The minimum Gasteiger partial charge on any atom is -0.379 e. The number of hydrogen-bond donors (Lipinski definition) is 1. The van der Waals surface area contributed by atoms with E-state index in [0.717, 1.165) is 78.2 Å². The second-order valence-electron chi connectivity index (χ2n) is 7.01. The van der Waals surface area contributed by atoms with Crippen LogP contribution >= 0.6 is 0 Å². The van der Waals surface area contributed by atoms with Crippen molar-refractivity contribution in [2.75, 3.05) is 52.5 Å². The fraction of sp³-hybridized carbons (Fsp3) is 0.889. The van der Waals surface area contributed by atoms with Gasteiger partial charge in [0, 0.05) is 44.6 Å². The largest absolute Gasteiger partial charge is 0.379 e. The first-order valence-corrected chi connectivity index (χ1v) is 9.48. The van der Waals surface area contributed by atoms with Crippen molar-refractivity contribution in [2.24, 2.45) is 11.8 Å². The van der Waals surface area contributed by atoms with Gasteiger partial charge in [-0.25, -0.2) is 0 Å². The van der Waals surface area contributed by atoms with Crippen LogP contribution in [0.4, 0.5) is 0 Å². The first kappa shape index (κ1) is 19.2. The summed E-state index contributed by atoms with van der Waals surface area (Å²) in [6.07, 6.45) is 3.44. The third kappa shape index (κ3) is 5.74. The van der Waals surface area contributed by atoms with Crippen LogP contribution in [0.25, 0.3) is 0 Å². The fourth-order valence-electron chi connectivity index (χ4n) is 3.33. The SMILES string of the molecule is CC[C@H](C)C(=O)N1CCC(C(=O)NCCCN2CCOCC2)CC1. The molecule has 2 rings (SSSR count). The third-order valence-corrected chi connectivity index (χ3v) is 5.27. The highest BCUT2D eigenvalue weighted by Crippen LogP contribution is 2.19. The minimum atomic E-state index is 0.0642. The molecule has 2 saturated heterocycles. The molecule has 138 valence electrons.